The predicted molar refractivity (Wildman–Crippen MR) is 118 cm³/mol. The Morgan fingerprint density at radius 1 is 0.704 bits per heavy atom. The SMILES string of the molecule is CCCCCCCCCCCCCCCCCCC[C@@H](O)[C@H](N)C(=O)O.[NaH]. The van der Waals surface area contributed by atoms with Crippen molar-refractivity contribution >= 4 is 35.5 Å². The van der Waals surface area contributed by atoms with Crippen LogP contribution in [0.2, 0.25) is 0 Å². The second-order valence-electron chi connectivity index (χ2n) is 7.88. The van der Waals surface area contributed by atoms with Gasteiger partial charge in [0.05, 0.1) is 6.10 Å². The van der Waals surface area contributed by atoms with Crippen molar-refractivity contribution in [3.05, 3.63) is 0 Å². The summed E-state index contributed by atoms with van der Waals surface area (Å²) in [5.41, 5.74) is 5.38. The van der Waals surface area contributed by atoms with Crippen LogP contribution in [0.15, 0.2) is 0 Å². The van der Waals surface area contributed by atoms with Crippen LogP contribution in [0, 0.1) is 0 Å². The van der Waals surface area contributed by atoms with E-state index in [1.165, 1.54) is 96.3 Å². The van der Waals surface area contributed by atoms with Crippen LogP contribution < -0.4 is 5.73 Å². The van der Waals surface area contributed by atoms with Crippen LogP contribution in [0.3, 0.4) is 0 Å². The van der Waals surface area contributed by atoms with Crippen LogP contribution in [-0.2, 0) is 4.79 Å². The zero-order valence-corrected chi connectivity index (χ0v) is 17.3. The topological polar surface area (TPSA) is 83.5 Å². The van der Waals surface area contributed by atoms with Gasteiger partial charge in [0.2, 0.25) is 0 Å². The summed E-state index contributed by atoms with van der Waals surface area (Å²) in [6, 6.07) is -1.14. The zero-order valence-electron chi connectivity index (χ0n) is 17.3. The second-order valence-corrected chi connectivity index (χ2v) is 7.88. The molecule has 0 aliphatic heterocycles. The van der Waals surface area contributed by atoms with Gasteiger partial charge < -0.3 is 15.9 Å². The Labute approximate surface area is 190 Å². The van der Waals surface area contributed by atoms with Crippen LogP contribution in [0.4, 0.5) is 0 Å². The van der Waals surface area contributed by atoms with Crippen molar-refractivity contribution in [2.45, 2.75) is 135 Å². The van der Waals surface area contributed by atoms with Crippen LogP contribution >= 0.6 is 0 Å². The van der Waals surface area contributed by atoms with Crippen LogP contribution in [0.1, 0.15) is 122 Å². The van der Waals surface area contributed by atoms with Gasteiger partial charge in [-0.25, -0.2) is 0 Å². The molecule has 0 radical (unpaired) electrons. The van der Waals surface area contributed by atoms with Gasteiger partial charge in [0.25, 0.3) is 0 Å². The van der Waals surface area contributed by atoms with E-state index in [4.69, 9.17) is 10.8 Å². The Bertz CT molecular complexity index is 316. The molecule has 0 unspecified atom stereocenters. The molecule has 4 nitrogen and oxygen atoms in total. The molecule has 0 aliphatic carbocycles. The maximum absolute atomic E-state index is 10.6. The minimum absolute atomic E-state index is 0. The molecule has 2 atom stereocenters. The second kappa shape index (κ2) is 22.7. The Morgan fingerprint density at radius 2 is 1.00 bits per heavy atom. The number of aliphatic carboxylic acids is 1. The average Bonchev–Trinajstić information content (AvgIpc) is 2.63. The molecular formula is C22H46NNaO3. The molecule has 0 rings (SSSR count). The number of aliphatic hydroxyl groups excluding tert-OH is 1. The third kappa shape index (κ3) is 20.9. The van der Waals surface area contributed by atoms with Crippen LogP contribution in [-0.4, -0.2) is 57.9 Å². The first kappa shape index (κ1) is 29.6. The van der Waals surface area contributed by atoms with E-state index < -0.39 is 18.1 Å². The Kier molecular flexibility index (Phi) is 24.9. The fourth-order valence-corrected chi connectivity index (χ4v) is 3.42. The molecule has 0 aromatic heterocycles. The van der Waals surface area contributed by atoms with Crippen molar-refractivity contribution in [2.24, 2.45) is 5.73 Å². The number of hydrogen-bond acceptors (Lipinski definition) is 3. The molecule has 0 aliphatic rings. The Morgan fingerprint density at radius 3 is 1.30 bits per heavy atom. The summed E-state index contributed by atoms with van der Waals surface area (Å²) < 4.78 is 0. The standard InChI is InChI=1S/C22H45NO3.Na.H/c1-2-3-4-5-6-7-8-9-10-11-12-13-14-15-16-17-18-19-20(24)21(23)22(25)26;;/h20-21,24H,2-19,23H2,1H3,(H,25,26);;/t20-,21+;;/m1../s1. The van der Waals surface area contributed by atoms with E-state index in [-0.39, 0.29) is 29.6 Å². The molecule has 0 saturated carbocycles. The molecule has 0 amide bonds. The number of carbonyl (C=O) groups is 1. The summed E-state index contributed by atoms with van der Waals surface area (Å²) in [7, 11) is 0. The molecule has 158 valence electrons. The first-order valence-electron chi connectivity index (χ1n) is 11.3. The number of unbranched alkanes of at least 4 members (excludes halogenated alkanes) is 16. The number of aliphatic hydroxyl groups is 1. The Hall–Kier alpha value is 0.390. The normalized spacial score (nSPS) is 13.1. The van der Waals surface area contributed by atoms with Crippen molar-refractivity contribution in [3.63, 3.8) is 0 Å². The summed E-state index contributed by atoms with van der Waals surface area (Å²) >= 11 is 0. The zero-order chi connectivity index (χ0) is 19.5. The minimum atomic E-state index is -1.14. The third-order valence-electron chi connectivity index (χ3n) is 5.30. The third-order valence-corrected chi connectivity index (χ3v) is 5.30. The van der Waals surface area contributed by atoms with Crippen LogP contribution in [0.5, 0.6) is 0 Å². The molecule has 0 saturated heterocycles. The fourth-order valence-electron chi connectivity index (χ4n) is 3.42. The summed E-state index contributed by atoms with van der Waals surface area (Å²) in [6.45, 7) is 2.27. The molecule has 4 N–H and O–H groups in total. The maximum atomic E-state index is 10.6. The van der Waals surface area contributed by atoms with Gasteiger partial charge in [-0.3, -0.25) is 4.79 Å². The monoisotopic (exact) mass is 395 g/mol. The van der Waals surface area contributed by atoms with Gasteiger partial charge in [0.1, 0.15) is 6.04 Å². The molecule has 0 aromatic carbocycles. The van der Waals surface area contributed by atoms with Crippen molar-refractivity contribution in [1.82, 2.24) is 0 Å². The van der Waals surface area contributed by atoms with Gasteiger partial charge >= 0.3 is 35.5 Å². The molecule has 27 heavy (non-hydrogen) atoms. The number of rotatable bonds is 20. The first-order valence-corrected chi connectivity index (χ1v) is 11.3. The number of nitrogens with two attached hydrogens (primary N) is 1. The molecule has 0 bridgehead atoms. The predicted octanol–water partition coefficient (Wildman–Crippen LogP) is 5.15. The number of hydrogen-bond donors (Lipinski definition) is 3. The van der Waals surface area contributed by atoms with Crippen molar-refractivity contribution in [2.75, 3.05) is 0 Å². The van der Waals surface area contributed by atoms with E-state index in [1.54, 1.807) is 0 Å². The van der Waals surface area contributed by atoms with E-state index in [2.05, 4.69) is 6.92 Å². The van der Waals surface area contributed by atoms with Crippen molar-refractivity contribution in [3.8, 4) is 0 Å². The van der Waals surface area contributed by atoms with Gasteiger partial charge in [-0.2, -0.15) is 0 Å². The number of carboxylic acid groups (broad SMARTS) is 1. The van der Waals surface area contributed by atoms with Gasteiger partial charge in [-0.05, 0) is 6.42 Å². The van der Waals surface area contributed by atoms with Crippen molar-refractivity contribution < 1.29 is 15.0 Å². The first-order chi connectivity index (χ1) is 12.6. The molecular weight excluding hydrogens is 349 g/mol. The molecule has 0 heterocycles. The van der Waals surface area contributed by atoms with Gasteiger partial charge in [-0.15, -0.1) is 0 Å². The van der Waals surface area contributed by atoms with Gasteiger partial charge in [-0.1, -0.05) is 116 Å². The van der Waals surface area contributed by atoms with E-state index in [1.807, 2.05) is 0 Å². The van der Waals surface area contributed by atoms with E-state index >= 15 is 0 Å². The fraction of sp³-hybridized carbons (Fsp3) is 0.955. The van der Waals surface area contributed by atoms with Crippen LogP contribution in [0.25, 0.3) is 0 Å². The molecule has 0 fully saturated rings. The Balaban J connectivity index is 0. The van der Waals surface area contributed by atoms with E-state index in [9.17, 15) is 9.90 Å². The molecule has 5 heteroatoms. The summed E-state index contributed by atoms with van der Waals surface area (Å²) in [5.74, 6) is -1.12. The summed E-state index contributed by atoms with van der Waals surface area (Å²) in [6.07, 6.45) is 22.0. The molecule has 0 aromatic rings. The summed E-state index contributed by atoms with van der Waals surface area (Å²) in [5, 5.41) is 18.3. The van der Waals surface area contributed by atoms with Crippen molar-refractivity contribution in [1.29, 1.82) is 0 Å². The van der Waals surface area contributed by atoms with Gasteiger partial charge in [0, 0.05) is 0 Å². The molecule has 0 spiro atoms. The van der Waals surface area contributed by atoms with E-state index in [0.717, 1.165) is 12.8 Å². The summed E-state index contributed by atoms with van der Waals surface area (Å²) in [4.78, 5) is 10.6. The van der Waals surface area contributed by atoms with E-state index in [0.29, 0.717) is 6.42 Å². The average molecular weight is 396 g/mol. The number of carboxylic acids is 1. The van der Waals surface area contributed by atoms with Gasteiger partial charge in [0.15, 0.2) is 0 Å². The quantitative estimate of drug-likeness (QED) is 0.197.